The molecule has 1 aromatic carbocycles. The molecule has 2 rings (SSSR count). The Labute approximate surface area is 122 Å². The summed E-state index contributed by atoms with van der Waals surface area (Å²) in [4.78, 5) is 0. The first-order valence-electron chi connectivity index (χ1n) is 5.77. The van der Waals surface area contributed by atoms with Crippen LogP contribution in [0.5, 0.6) is 0 Å². The molecule has 2 nitrogen and oxygen atoms in total. The van der Waals surface area contributed by atoms with Gasteiger partial charge in [0.05, 0.1) is 0 Å². The molecule has 1 heterocycles. The molecule has 0 fully saturated rings. The maximum absolute atomic E-state index is 10.5. The Morgan fingerprint density at radius 1 is 1.05 bits per heavy atom. The Kier molecular flexibility index (Phi) is 4.71. The van der Waals surface area contributed by atoms with Crippen molar-refractivity contribution >= 4 is 39.6 Å². The van der Waals surface area contributed by atoms with Crippen molar-refractivity contribution in [3.63, 3.8) is 0 Å². The topological polar surface area (TPSA) is 24.1 Å². The molecule has 96 valence electrons. The fourth-order valence-electron chi connectivity index (χ4n) is 1.70. The maximum atomic E-state index is 10.5. The fraction of sp³-hybridized carbons (Fsp3) is 0.0667. The Morgan fingerprint density at radius 2 is 1.63 bits per heavy atom. The van der Waals surface area contributed by atoms with E-state index in [9.17, 15) is 5.11 Å². The normalized spacial score (nSPS) is 11.8. The van der Waals surface area contributed by atoms with E-state index in [0.29, 0.717) is 9.89 Å². The summed E-state index contributed by atoms with van der Waals surface area (Å²) >= 11 is 6.80. The van der Waals surface area contributed by atoms with Crippen LogP contribution in [-0.2, 0) is 0 Å². The Bertz CT molecular complexity index is 594. The lowest BCUT2D eigenvalue weighted by atomic mass is 10.1. The molecule has 0 aliphatic heterocycles. The molecule has 0 bridgehead atoms. The number of hydrogen-bond donors (Lipinski definition) is 1. The molecule has 0 atom stereocenters. The summed E-state index contributed by atoms with van der Waals surface area (Å²) < 4.78 is 2.49. The van der Waals surface area contributed by atoms with Gasteiger partial charge in [-0.1, -0.05) is 48.6 Å². The van der Waals surface area contributed by atoms with Gasteiger partial charge < -0.3 is 5.11 Å². The average Bonchev–Trinajstić information content (AvgIpc) is 2.49. The van der Waals surface area contributed by atoms with E-state index in [1.54, 1.807) is 0 Å². The largest absolute Gasteiger partial charge is 0.502 e. The molecule has 0 amide bonds. The maximum Gasteiger partial charge on any atom is 0.278 e. The first-order chi connectivity index (χ1) is 9.24. The second kappa shape index (κ2) is 6.50. The van der Waals surface area contributed by atoms with Crippen LogP contribution >= 0.6 is 24.0 Å². The minimum absolute atomic E-state index is 0.191. The predicted molar refractivity (Wildman–Crippen MR) is 84.9 cm³/mol. The standard InChI is InChI=1S/C15H13NOS2/c1-19-15(18)13(16-10-6-3-7-11-16)14(17)12-8-4-2-5-9-12/h2-11H,1H3/p+1. The molecule has 1 N–H and O–H groups in total. The predicted octanol–water partition coefficient (Wildman–Crippen LogP) is 3.55. The van der Waals surface area contributed by atoms with E-state index in [4.69, 9.17) is 12.2 Å². The van der Waals surface area contributed by atoms with Crippen molar-refractivity contribution in [1.82, 2.24) is 0 Å². The molecule has 0 saturated heterocycles. The van der Waals surface area contributed by atoms with Crippen molar-refractivity contribution in [2.24, 2.45) is 0 Å². The van der Waals surface area contributed by atoms with Crippen LogP contribution in [0.4, 0.5) is 0 Å². The first kappa shape index (κ1) is 13.8. The monoisotopic (exact) mass is 288 g/mol. The third-order valence-electron chi connectivity index (χ3n) is 2.62. The molecule has 0 unspecified atom stereocenters. The van der Waals surface area contributed by atoms with Crippen LogP contribution in [0.1, 0.15) is 5.56 Å². The van der Waals surface area contributed by atoms with Gasteiger partial charge >= 0.3 is 0 Å². The summed E-state index contributed by atoms with van der Waals surface area (Å²) in [6.45, 7) is 0. The van der Waals surface area contributed by atoms with E-state index < -0.39 is 0 Å². The zero-order valence-electron chi connectivity index (χ0n) is 10.5. The van der Waals surface area contributed by atoms with Gasteiger partial charge in [0, 0.05) is 17.7 Å². The van der Waals surface area contributed by atoms with Crippen molar-refractivity contribution in [1.29, 1.82) is 0 Å². The van der Waals surface area contributed by atoms with Crippen LogP contribution < -0.4 is 4.57 Å². The van der Waals surface area contributed by atoms with Crippen molar-refractivity contribution in [2.45, 2.75) is 0 Å². The third kappa shape index (κ3) is 3.22. The van der Waals surface area contributed by atoms with Crippen molar-refractivity contribution < 1.29 is 9.67 Å². The highest BCUT2D eigenvalue weighted by atomic mass is 32.2. The van der Waals surface area contributed by atoms with Gasteiger partial charge in [-0.05, 0) is 6.26 Å². The highest BCUT2D eigenvalue weighted by molar-refractivity contribution is 8.23. The molecular formula is C15H14NOS2+. The second-order valence-electron chi connectivity index (χ2n) is 3.84. The fourth-order valence-corrected chi connectivity index (χ4v) is 2.30. The van der Waals surface area contributed by atoms with Crippen molar-refractivity contribution in [3.8, 4) is 0 Å². The lowest BCUT2D eigenvalue weighted by molar-refractivity contribution is -0.575. The highest BCUT2D eigenvalue weighted by Crippen LogP contribution is 2.20. The van der Waals surface area contributed by atoms with Gasteiger partial charge in [-0.3, -0.25) is 0 Å². The molecular weight excluding hydrogens is 274 g/mol. The van der Waals surface area contributed by atoms with Gasteiger partial charge in [-0.15, -0.1) is 11.8 Å². The Morgan fingerprint density at radius 3 is 2.21 bits per heavy atom. The number of aromatic nitrogens is 1. The lowest BCUT2D eigenvalue weighted by Gasteiger charge is -2.05. The van der Waals surface area contributed by atoms with Crippen LogP contribution in [0.2, 0.25) is 0 Å². The summed E-state index contributed by atoms with van der Waals surface area (Å²) in [7, 11) is 0. The quantitative estimate of drug-likeness (QED) is 0.404. The molecule has 0 radical (unpaired) electrons. The van der Waals surface area contributed by atoms with E-state index in [1.165, 1.54) is 11.8 Å². The van der Waals surface area contributed by atoms with Gasteiger partial charge in [0.2, 0.25) is 0 Å². The number of rotatable bonds is 3. The van der Waals surface area contributed by atoms with Gasteiger partial charge in [0.1, 0.15) is 4.20 Å². The zero-order valence-corrected chi connectivity index (χ0v) is 12.1. The van der Waals surface area contributed by atoms with Crippen LogP contribution in [-0.4, -0.2) is 15.6 Å². The summed E-state index contributed by atoms with van der Waals surface area (Å²) in [5.74, 6) is 0.191. The number of nitrogens with zero attached hydrogens (tertiary/aromatic N) is 1. The van der Waals surface area contributed by atoms with E-state index in [1.807, 2.05) is 71.7 Å². The van der Waals surface area contributed by atoms with Gasteiger partial charge in [-0.2, -0.15) is 4.57 Å². The number of aliphatic hydroxyl groups is 1. The molecule has 2 aromatic rings. The molecule has 19 heavy (non-hydrogen) atoms. The van der Waals surface area contributed by atoms with Gasteiger partial charge in [0.15, 0.2) is 18.2 Å². The number of thiocarbonyl (C=S) groups is 1. The van der Waals surface area contributed by atoms with E-state index in [2.05, 4.69) is 0 Å². The summed E-state index contributed by atoms with van der Waals surface area (Å²) in [6, 6.07) is 15.2. The smallest absolute Gasteiger partial charge is 0.278 e. The second-order valence-corrected chi connectivity index (χ2v) is 5.32. The van der Waals surface area contributed by atoms with Crippen molar-refractivity contribution in [3.05, 3.63) is 66.5 Å². The van der Waals surface area contributed by atoms with Crippen LogP contribution in [0, 0.1) is 0 Å². The van der Waals surface area contributed by atoms with E-state index >= 15 is 0 Å². The number of benzene rings is 1. The highest BCUT2D eigenvalue weighted by Gasteiger charge is 2.22. The molecule has 0 saturated carbocycles. The molecule has 0 spiro atoms. The van der Waals surface area contributed by atoms with Crippen LogP contribution in [0.25, 0.3) is 11.5 Å². The lowest BCUT2D eigenvalue weighted by Crippen LogP contribution is -2.35. The summed E-state index contributed by atoms with van der Waals surface area (Å²) in [5.41, 5.74) is 1.39. The number of hydrogen-bond acceptors (Lipinski definition) is 3. The molecule has 4 heteroatoms. The molecule has 0 aliphatic carbocycles. The zero-order chi connectivity index (χ0) is 13.7. The summed E-state index contributed by atoms with van der Waals surface area (Å²) in [5, 5.41) is 10.5. The summed E-state index contributed by atoms with van der Waals surface area (Å²) in [6.07, 6.45) is 5.65. The first-order valence-corrected chi connectivity index (χ1v) is 7.41. The third-order valence-corrected chi connectivity index (χ3v) is 3.88. The van der Waals surface area contributed by atoms with Crippen molar-refractivity contribution in [2.75, 3.05) is 6.26 Å². The van der Waals surface area contributed by atoms with E-state index in [0.717, 1.165) is 5.56 Å². The SMILES string of the molecule is CSC(=S)/C(=C(\O)c1ccccc1)[n+]1ccccc1. The van der Waals surface area contributed by atoms with Crippen LogP contribution in [0.3, 0.4) is 0 Å². The minimum atomic E-state index is 0.191. The number of pyridine rings is 1. The number of aliphatic hydroxyl groups excluding tert-OH is 1. The molecule has 0 aliphatic rings. The molecule has 1 aromatic heterocycles. The number of thioether (sulfide) groups is 1. The van der Waals surface area contributed by atoms with Gasteiger partial charge in [0.25, 0.3) is 5.70 Å². The Hall–Kier alpha value is -1.65. The Balaban J connectivity index is 2.58. The average molecular weight is 288 g/mol. The van der Waals surface area contributed by atoms with Crippen LogP contribution in [0.15, 0.2) is 60.9 Å². The van der Waals surface area contributed by atoms with E-state index in [-0.39, 0.29) is 5.76 Å². The minimum Gasteiger partial charge on any atom is -0.502 e. The van der Waals surface area contributed by atoms with Gasteiger partial charge in [-0.25, -0.2) is 0 Å².